The Labute approximate surface area is 277 Å². The number of hydrogen-bond acceptors (Lipinski definition) is 6. The maximum Gasteiger partial charge on any atom is 0.255 e. The van der Waals surface area contributed by atoms with Crippen molar-refractivity contribution in [1.29, 1.82) is 0 Å². The molecule has 1 fully saturated rings. The van der Waals surface area contributed by atoms with E-state index in [2.05, 4.69) is 52.7 Å². The second-order valence-electron chi connectivity index (χ2n) is 12.2. The number of amides is 1. The molecule has 6 rings (SSSR count). The Morgan fingerprint density at radius 1 is 0.787 bits per heavy atom. The van der Waals surface area contributed by atoms with E-state index in [4.69, 9.17) is 14.2 Å². The summed E-state index contributed by atoms with van der Waals surface area (Å²) in [4.78, 5) is 18.2. The van der Waals surface area contributed by atoms with Gasteiger partial charge in [0.05, 0.1) is 19.8 Å². The first-order valence-corrected chi connectivity index (χ1v) is 16.3. The van der Waals surface area contributed by atoms with Gasteiger partial charge in [0.2, 0.25) is 0 Å². The highest BCUT2D eigenvalue weighted by atomic mass is 16.5. The SMILES string of the molecule is COc1cc(NC(=O)c2ccc(Oc3ccc4c(c3)c(C)c(C)n4CCCN3CCN(C)CC3)cc2)cc(OC)c1-c1ccccc1. The topological polar surface area (TPSA) is 68.2 Å². The zero-order chi connectivity index (χ0) is 32.9. The molecule has 0 unspecified atom stereocenters. The number of nitrogens with zero attached hydrogens (tertiary/aromatic N) is 3. The summed E-state index contributed by atoms with van der Waals surface area (Å²) in [7, 11) is 5.42. The minimum atomic E-state index is -0.241. The van der Waals surface area contributed by atoms with E-state index in [9.17, 15) is 4.79 Å². The molecule has 1 aliphatic rings. The summed E-state index contributed by atoms with van der Waals surface area (Å²) in [5.41, 5.74) is 6.71. The predicted molar refractivity (Wildman–Crippen MR) is 189 cm³/mol. The molecular formula is C39H44N4O4. The van der Waals surface area contributed by atoms with Gasteiger partial charge < -0.3 is 33.9 Å². The highest BCUT2D eigenvalue weighted by molar-refractivity contribution is 6.05. The number of carbonyl (C=O) groups excluding carboxylic acids is 1. The summed E-state index contributed by atoms with van der Waals surface area (Å²) in [6.07, 6.45) is 1.13. The van der Waals surface area contributed by atoms with E-state index in [-0.39, 0.29) is 5.91 Å². The van der Waals surface area contributed by atoms with Crippen LogP contribution >= 0.6 is 0 Å². The molecule has 8 heteroatoms. The molecule has 1 N–H and O–H groups in total. The highest BCUT2D eigenvalue weighted by Crippen LogP contribution is 2.41. The first-order valence-electron chi connectivity index (χ1n) is 16.3. The monoisotopic (exact) mass is 632 g/mol. The summed E-state index contributed by atoms with van der Waals surface area (Å²) in [6.45, 7) is 11.1. The van der Waals surface area contributed by atoms with Crippen LogP contribution in [-0.4, -0.2) is 74.3 Å². The number of hydrogen-bond donors (Lipinski definition) is 1. The average molecular weight is 633 g/mol. The number of likely N-dealkylation sites (N-methyl/N-ethyl adjacent to an activating group) is 1. The summed E-state index contributed by atoms with van der Waals surface area (Å²) in [5.74, 6) is 2.41. The molecule has 0 radical (unpaired) electrons. The Morgan fingerprint density at radius 2 is 1.45 bits per heavy atom. The van der Waals surface area contributed by atoms with Crippen LogP contribution in [0.25, 0.3) is 22.0 Å². The van der Waals surface area contributed by atoms with Crippen LogP contribution in [0.5, 0.6) is 23.0 Å². The molecule has 0 aliphatic carbocycles. The maximum absolute atomic E-state index is 13.2. The number of aromatic nitrogens is 1. The first kappa shape index (κ1) is 32.2. The fourth-order valence-corrected chi connectivity index (χ4v) is 6.39. The number of carbonyl (C=O) groups is 1. The van der Waals surface area contributed by atoms with E-state index in [0.717, 1.165) is 62.6 Å². The van der Waals surface area contributed by atoms with Crippen molar-refractivity contribution in [2.45, 2.75) is 26.8 Å². The molecule has 0 atom stereocenters. The Morgan fingerprint density at radius 3 is 2.11 bits per heavy atom. The van der Waals surface area contributed by atoms with Gasteiger partial charge in [-0.1, -0.05) is 30.3 Å². The molecule has 1 amide bonds. The molecule has 2 heterocycles. The maximum atomic E-state index is 13.2. The van der Waals surface area contributed by atoms with Crippen LogP contribution in [0.15, 0.2) is 84.9 Å². The second-order valence-corrected chi connectivity index (χ2v) is 12.2. The third-order valence-electron chi connectivity index (χ3n) is 9.24. The van der Waals surface area contributed by atoms with Gasteiger partial charge in [0, 0.05) is 72.7 Å². The van der Waals surface area contributed by atoms with Gasteiger partial charge in [-0.15, -0.1) is 0 Å². The number of benzene rings is 4. The lowest BCUT2D eigenvalue weighted by Crippen LogP contribution is -2.44. The molecule has 0 saturated carbocycles. The third kappa shape index (κ3) is 7.14. The van der Waals surface area contributed by atoms with Crippen molar-refractivity contribution in [2.75, 3.05) is 59.3 Å². The minimum Gasteiger partial charge on any atom is -0.496 e. The van der Waals surface area contributed by atoms with Gasteiger partial charge in [-0.05, 0) is 87.5 Å². The fraction of sp³-hybridized carbons (Fsp3) is 0.308. The van der Waals surface area contributed by atoms with Crippen LogP contribution in [-0.2, 0) is 6.54 Å². The van der Waals surface area contributed by atoms with Gasteiger partial charge >= 0.3 is 0 Å². The van der Waals surface area contributed by atoms with Crippen molar-refractivity contribution >= 4 is 22.5 Å². The van der Waals surface area contributed by atoms with Crippen LogP contribution in [0.4, 0.5) is 5.69 Å². The molecule has 8 nitrogen and oxygen atoms in total. The normalized spacial score (nSPS) is 13.9. The Kier molecular flexibility index (Phi) is 9.80. The summed E-state index contributed by atoms with van der Waals surface area (Å²) < 4.78 is 20.0. The number of ether oxygens (including phenoxy) is 3. The van der Waals surface area contributed by atoms with Crippen LogP contribution in [0.3, 0.4) is 0 Å². The number of rotatable bonds is 11. The molecule has 244 valence electrons. The fourth-order valence-electron chi connectivity index (χ4n) is 6.39. The van der Waals surface area contributed by atoms with E-state index in [1.165, 1.54) is 22.2 Å². The van der Waals surface area contributed by atoms with Gasteiger partial charge in [0.25, 0.3) is 5.91 Å². The quantitative estimate of drug-likeness (QED) is 0.162. The number of methoxy groups -OCH3 is 2. The average Bonchev–Trinajstić information content (AvgIpc) is 3.33. The second kappa shape index (κ2) is 14.3. The smallest absolute Gasteiger partial charge is 0.255 e. The van der Waals surface area contributed by atoms with Gasteiger partial charge in [-0.25, -0.2) is 0 Å². The number of nitrogens with one attached hydrogen (secondary N) is 1. The molecule has 5 aromatic rings. The van der Waals surface area contributed by atoms with E-state index in [1.807, 2.05) is 48.5 Å². The van der Waals surface area contributed by atoms with Crippen molar-refractivity contribution < 1.29 is 19.0 Å². The van der Waals surface area contributed by atoms with Gasteiger partial charge in [-0.3, -0.25) is 4.79 Å². The van der Waals surface area contributed by atoms with Crippen LogP contribution < -0.4 is 19.5 Å². The molecule has 0 bridgehead atoms. The van der Waals surface area contributed by atoms with Crippen LogP contribution in [0.1, 0.15) is 28.0 Å². The molecular weight excluding hydrogens is 588 g/mol. The summed E-state index contributed by atoms with van der Waals surface area (Å²) in [5, 5.41) is 4.19. The van der Waals surface area contributed by atoms with E-state index in [0.29, 0.717) is 28.5 Å². The van der Waals surface area contributed by atoms with Crippen LogP contribution in [0, 0.1) is 13.8 Å². The first-order chi connectivity index (χ1) is 22.8. The van der Waals surface area contributed by atoms with Crippen molar-refractivity contribution in [2.24, 2.45) is 0 Å². The summed E-state index contributed by atoms with van der Waals surface area (Å²) >= 11 is 0. The zero-order valence-corrected chi connectivity index (χ0v) is 28.0. The number of piperazine rings is 1. The largest absolute Gasteiger partial charge is 0.496 e. The Bertz CT molecular complexity index is 1820. The molecule has 1 aromatic heterocycles. The van der Waals surface area contributed by atoms with E-state index in [1.54, 1.807) is 38.5 Å². The van der Waals surface area contributed by atoms with Crippen molar-refractivity contribution in [3.63, 3.8) is 0 Å². The third-order valence-corrected chi connectivity index (χ3v) is 9.24. The number of aryl methyl sites for hydroxylation is 2. The summed E-state index contributed by atoms with van der Waals surface area (Å²) in [6, 6.07) is 27.0. The minimum absolute atomic E-state index is 0.241. The molecule has 0 spiro atoms. The van der Waals surface area contributed by atoms with Gasteiger partial charge in [-0.2, -0.15) is 0 Å². The van der Waals surface area contributed by atoms with Crippen LogP contribution in [0.2, 0.25) is 0 Å². The molecule has 1 saturated heterocycles. The van der Waals surface area contributed by atoms with Crippen molar-refractivity contribution in [1.82, 2.24) is 14.4 Å². The van der Waals surface area contributed by atoms with E-state index >= 15 is 0 Å². The number of fused-ring (bicyclic) bond motifs is 1. The lowest BCUT2D eigenvalue weighted by Gasteiger charge is -2.32. The Balaban J connectivity index is 1.11. The Hall–Kier alpha value is -4.79. The van der Waals surface area contributed by atoms with Gasteiger partial charge in [0.15, 0.2) is 0 Å². The van der Waals surface area contributed by atoms with Crippen molar-refractivity contribution in [3.8, 4) is 34.1 Å². The molecule has 1 aliphatic heterocycles. The van der Waals surface area contributed by atoms with Crippen molar-refractivity contribution in [3.05, 3.63) is 102 Å². The predicted octanol–water partition coefficient (Wildman–Crippen LogP) is 7.62. The standard InChI is InChI=1S/C39H44N4O4/c1-27-28(2)43(19-9-18-42-22-20-41(3)21-23-42)35-17-16-33(26-34(27)35)47-32-14-12-30(13-15-32)39(44)40-31-24-36(45-4)38(37(25-31)46-5)29-10-7-6-8-11-29/h6-8,10-17,24-26H,9,18-23H2,1-5H3,(H,40,44). The number of anilines is 1. The van der Waals surface area contributed by atoms with E-state index < -0.39 is 0 Å². The van der Waals surface area contributed by atoms with Gasteiger partial charge in [0.1, 0.15) is 23.0 Å². The lowest BCUT2D eigenvalue weighted by atomic mass is 10.0. The zero-order valence-electron chi connectivity index (χ0n) is 28.0. The highest BCUT2D eigenvalue weighted by Gasteiger charge is 2.18. The molecule has 47 heavy (non-hydrogen) atoms. The lowest BCUT2D eigenvalue weighted by molar-refractivity contribution is 0.102. The molecule has 4 aromatic carbocycles.